The van der Waals surface area contributed by atoms with Gasteiger partial charge in [-0.1, -0.05) is 6.07 Å². The fourth-order valence-corrected chi connectivity index (χ4v) is 2.17. The highest BCUT2D eigenvalue weighted by Gasteiger charge is 2.10. The summed E-state index contributed by atoms with van der Waals surface area (Å²) in [6, 6.07) is 2.13. The third-order valence-electron chi connectivity index (χ3n) is 3.03. The van der Waals surface area contributed by atoms with Gasteiger partial charge in [0.1, 0.15) is 0 Å². The number of nitrogens with one attached hydrogen (secondary N) is 1. The van der Waals surface area contributed by atoms with Crippen LogP contribution < -0.4 is 4.72 Å². The first-order chi connectivity index (χ1) is 7.22. The molecule has 1 aromatic rings. The lowest BCUT2D eigenvalue weighted by Gasteiger charge is -2.15. The predicted octanol–water partition coefficient (Wildman–Crippen LogP) is 1.97. The molecule has 0 aromatic heterocycles. The Morgan fingerprint density at radius 3 is 1.88 bits per heavy atom. The molecule has 1 aromatic carbocycles. The van der Waals surface area contributed by atoms with Crippen LogP contribution in [0.5, 0.6) is 0 Å². The molecule has 1 rings (SSSR count). The first kappa shape index (κ1) is 13.2. The quantitative estimate of drug-likeness (QED) is 0.879. The maximum absolute atomic E-state index is 11.1. The minimum Gasteiger partial charge on any atom is -0.213 e. The monoisotopic (exact) mass is 241 g/mol. The van der Waals surface area contributed by atoms with Crippen LogP contribution in [0.4, 0.5) is 0 Å². The van der Waals surface area contributed by atoms with Gasteiger partial charge in [0.15, 0.2) is 0 Å². The van der Waals surface area contributed by atoms with E-state index in [9.17, 15) is 8.42 Å². The molecule has 0 aliphatic rings. The summed E-state index contributed by atoms with van der Waals surface area (Å²) in [6.45, 7) is 8.53. The molecule has 0 radical (unpaired) electrons. The lowest BCUT2D eigenvalue weighted by atomic mass is 9.94. The van der Waals surface area contributed by atoms with Gasteiger partial charge >= 0.3 is 0 Å². The molecule has 0 unspecified atom stereocenters. The molecule has 0 saturated heterocycles. The lowest BCUT2D eigenvalue weighted by molar-refractivity contribution is 0.587. The lowest BCUT2D eigenvalue weighted by Crippen LogP contribution is -2.22. The average Bonchev–Trinajstić information content (AvgIpc) is 2.13. The van der Waals surface area contributed by atoms with Crippen molar-refractivity contribution in [1.82, 2.24) is 4.72 Å². The molecule has 0 bridgehead atoms. The molecule has 4 heteroatoms. The third-order valence-corrected chi connectivity index (χ3v) is 3.70. The van der Waals surface area contributed by atoms with Gasteiger partial charge in [-0.3, -0.25) is 0 Å². The van der Waals surface area contributed by atoms with E-state index in [0.717, 1.165) is 5.56 Å². The zero-order chi connectivity index (χ0) is 12.5. The fraction of sp³-hybridized carbons (Fsp3) is 0.500. The number of hydrogen-bond acceptors (Lipinski definition) is 2. The van der Waals surface area contributed by atoms with Crippen LogP contribution >= 0.6 is 0 Å². The molecule has 0 aliphatic carbocycles. The molecule has 0 spiro atoms. The SMILES string of the molecule is Cc1cc(C)c(C)c(CNS(C)(=O)=O)c1C. The van der Waals surface area contributed by atoms with Gasteiger partial charge in [-0.05, 0) is 55.5 Å². The number of hydrogen-bond donors (Lipinski definition) is 1. The molecule has 0 atom stereocenters. The molecule has 16 heavy (non-hydrogen) atoms. The molecule has 90 valence electrons. The molecule has 0 aliphatic heterocycles. The van der Waals surface area contributed by atoms with Gasteiger partial charge in [0, 0.05) is 6.54 Å². The maximum Gasteiger partial charge on any atom is 0.209 e. The van der Waals surface area contributed by atoms with E-state index < -0.39 is 10.0 Å². The van der Waals surface area contributed by atoms with Gasteiger partial charge in [-0.15, -0.1) is 0 Å². The van der Waals surface area contributed by atoms with Crippen molar-refractivity contribution in [3.63, 3.8) is 0 Å². The van der Waals surface area contributed by atoms with Crippen LogP contribution in [0.25, 0.3) is 0 Å². The summed E-state index contributed by atoms with van der Waals surface area (Å²) in [5.74, 6) is 0. The van der Waals surface area contributed by atoms with E-state index in [2.05, 4.69) is 10.8 Å². The van der Waals surface area contributed by atoms with Crippen molar-refractivity contribution >= 4 is 10.0 Å². The maximum atomic E-state index is 11.1. The predicted molar refractivity (Wildman–Crippen MR) is 67.1 cm³/mol. The van der Waals surface area contributed by atoms with E-state index in [1.807, 2.05) is 27.7 Å². The zero-order valence-electron chi connectivity index (χ0n) is 10.5. The van der Waals surface area contributed by atoms with Crippen molar-refractivity contribution in [2.75, 3.05) is 6.26 Å². The van der Waals surface area contributed by atoms with Crippen molar-refractivity contribution in [2.45, 2.75) is 34.2 Å². The van der Waals surface area contributed by atoms with Crippen molar-refractivity contribution in [3.8, 4) is 0 Å². The highest BCUT2D eigenvalue weighted by Crippen LogP contribution is 2.21. The smallest absolute Gasteiger partial charge is 0.209 e. The Bertz CT molecular complexity index is 478. The second kappa shape index (κ2) is 4.55. The van der Waals surface area contributed by atoms with Gasteiger partial charge < -0.3 is 0 Å². The van der Waals surface area contributed by atoms with Gasteiger partial charge in [-0.2, -0.15) is 0 Å². The van der Waals surface area contributed by atoms with Crippen molar-refractivity contribution < 1.29 is 8.42 Å². The molecule has 3 nitrogen and oxygen atoms in total. The van der Waals surface area contributed by atoms with Crippen molar-refractivity contribution in [1.29, 1.82) is 0 Å². The van der Waals surface area contributed by atoms with Crippen molar-refractivity contribution in [3.05, 3.63) is 33.9 Å². The topological polar surface area (TPSA) is 46.2 Å². The molecule has 1 N–H and O–H groups in total. The molecule has 0 amide bonds. The van der Waals surface area contributed by atoms with Crippen LogP contribution in [-0.2, 0) is 16.6 Å². The largest absolute Gasteiger partial charge is 0.213 e. The normalized spacial score (nSPS) is 11.8. The minimum absolute atomic E-state index is 0.374. The summed E-state index contributed by atoms with van der Waals surface area (Å²) in [7, 11) is -3.13. The van der Waals surface area contributed by atoms with E-state index in [0.29, 0.717) is 6.54 Å². The Kier molecular flexibility index (Phi) is 3.76. The fourth-order valence-electron chi connectivity index (χ4n) is 1.77. The summed E-state index contributed by atoms with van der Waals surface area (Å²) < 4.78 is 24.7. The van der Waals surface area contributed by atoms with E-state index in [1.165, 1.54) is 28.5 Å². The van der Waals surface area contributed by atoms with E-state index in [-0.39, 0.29) is 0 Å². The summed E-state index contributed by atoms with van der Waals surface area (Å²) in [4.78, 5) is 0. The van der Waals surface area contributed by atoms with Crippen molar-refractivity contribution in [2.24, 2.45) is 0 Å². The summed E-state index contributed by atoms with van der Waals surface area (Å²) in [6.07, 6.45) is 1.18. The Hall–Kier alpha value is -0.870. The van der Waals surface area contributed by atoms with Gasteiger partial charge in [0.25, 0.3) is 0 Å². The Morgan fingerprint density at radius 1 is 1.06 bits per heavy atom. The molecular weight excluding hydrogens is 222 g/mol. The van der Waals surface area contributed by atoms with Crippen LogP contribution in [-0.4, -0.2) is 14.7 Å². The number of benzene rings is 1. The van der Waals surface area contributed by atoms with E-state index >= 15 is 0 Å². The number of sulfonamides is 1. The van der Waals surface area contributed by atoms with Crippen LogP contribution in [0.3, 0.4) is 0 Å². The third kappa shape index (κ3) is 3.06. The summed E-state index contributed by atoms with van der Waals surface area (Å²) >= 11 is 0. The molecule has 0 saturated carbocycles. The highest BCUT2D eigenvalue weighted by atomic mass is 32.2. The van der Waals surface area contributed by atoms with Crippen LogP contribution in [0.2, 0.25) is 0 Å². The van der Waals surface area contributed by atoms with E-state index in [1.54, 1.807) is 0 Å². The first-order valence-electron chi connectivity index (χ1n) is 5.23. The first-order valence-corrected chi connectivity index (χ1v) is 7.12. The van der Waals surface area contributed by atoms with Crippen LogP contribution in [0, 0.1) is 27.7 Å². The average molecular weight is 241 g/mol. The second-order valence-corrected chi connectivity index (χ2v) is 6.17. The van der Waals surface area contributed by atoms with Gasteiger partial charge in [-0.25, -0.2) is 13.1 Å². The number of aryl methyl sites for hydroxylation is 2. The zero-order valence-corrected chi connectivity index (χ0v) is 11.3. The van der Waals surface area contributed by atoms with E-state index in [4.69, 9.17) is 0 Å². The Labute approximate surface area is 97.9 Å². The molecular formula is C12H19NO2S. The standard InChI is InChI=1S/C12H19NO2S/c1-8-6-9(2)11(4)12(10(8)3)7-13-16(5,14)15/h6,13H,7H2,1-5H3. The molecule has 0 heterocycles. The number of rotatable bonds is 3. The highest BCUT2D eigenvalue weighted by molar-refractivity contribution is 7.88. The summed E-state index contributed by atoms with van der Waals surface area (Å²) in [5.41, 5.74) is 5.82. The van der Waals surface area contributed by atoms with Gasteiger partial charge in [0.2, 0.25) is 10.0 Å². The summed E-state index contributed by atoms with van der Waals surface area (Å²) in [5, 5.41) is 0. The molecule has 0 fully saturated rings. The second-order valence-electron chi connectivity index (χ2n) is 4.33. The Morgan fingerprint density at radius 2 is 1.50 bits per heavy atom. The minimum atomic E-state index is -3.13. The van der Waals surface area contributed by atoms with Gasteiger partial charge in [0.05, 0.1) is 6.26 Å². The Balaban J connectivity index is 3.13. The van der Waals surface area contributed by atoms with Crippen LogP contribution in [0.1, 0.15) is 27.8 Å². The van der Waals surface area contributed by atoms with Crippen LogP contribution in [0.15, 0.2) is 6.07 Å².